The molecule has 2 aromatic carbocycles. The lowest BCUT2D eigenvalue weighted by Crippen LogP contribution is -2.18. The molecule has 0 unspecified atom stereocenters. The van der Waals surface area contributed by atoms with Crippen molar-refractivity contribution in [2.45, 2.75) is 45.3 Å². The first-order chi connectivity index (χ1) is 14.0. The van der Waals surface area contributed by atoms with Gasteiger partial charge in [0.05, 0.1) is 30.1 Å². The summed E-state index contributed by atoms with van der Waals surface area (Å²) in [5, 5.41) is 3.76. The van der Waals surface area contributed by atoms with E-state index < -0.39 is 6.09 Å². The fraction of sp³-hybridized carbons (Fsp3) is 0.348. The summed E-state index contributed by atoms with van der Waals surface area (Å²) in [5.74, 6) is 0.796. The van der Waals surface area contributed by atoms with Gasteiger partial charge in [-0.05, 0) is 63.4 Å². The molecule has 0 saturated heterocycles. The van der Waals surface area contributed by atoms with E-state index in [-0.39, 0.29) is 6.10 Å². The van der Waals surface area contributed by atoms with E-state index in [1.165, 1.54) is 6.42 Å². The van der Waals surface area contributed by atoms with Crippen molar-refractivity contribution in [1.29, 1.82) is 0 Å². The van der Waals surface area contributed by atoms with Gasteiger partial charge < -0.3 is 19.8 Å². The molecule has 6 nitrogen and oxygen atoms in total. The third kappa shape index (κ3) is 3.62. The molecule has 1 saturated carbocycles. The predicted octanol–water partition coefficient (Wildman–Crippen LogP) is 5.58. The van der Waals surface area contributed by atoms with Crippen LogP contribution in [-0.2, 0) is 4.74 Å². The molecule has 152 valence electrons. The molecular formula is C23H27N3O3. The van der Waals surface area contributed by atoms with Crippen molar-refractivity contribution >= 4 is 28.4 Å². The number of hydrogen-bond donors (Lipinski definition) is 2. The molecule has 4 rings (SSSR count). The average molecular weight is 393 g/mol. The molecule has 1 aliphatic carbocycles. The van der Waals surface area contributed by atoms with Crippen LogP contribution in [0.3, 0.4) is 0 Å². The number of methoxy groups -OCH3 is 1. The summed E-state index contributed by atoms with van der Waals surface area (Å²) in [6.45, 7) is 3.64. The number of carbonyl (C=O) groups excluding carboxylic acids is 1. The van der Waals surface area contributed by atoms with E-state index in [2.05, 4.69) is 16.0 Å². The minimum absolute atomic E-state index is 0.163. The van der Waals surface area contributed by atoms with Gasteiger partial charge in [0.1, 0.15) is 5.75 Å². The Kier molecular flexibility index (Phi) is 5.09. The first-order valence-electron chi connectivity index (χ1n) is 10.0. The smallest absolute Gasteiger partial charge is 0.411 e. The third-order valence-corrected chi connectivity index (χ3v) is 5.44. The van der Waals surface area contributed by atoms with E-state index in [1.54, 1.807) is 7.11 Å². The molecule has 3 N–H and O–H groups in total. The number of fused-ring (bicyclic) bond motifs is 1. The van der Waals surface area contributed by atoms with Gasteiger partial charge >= 0.3 is 6.09 Å². The number of nitrogens with two attached hydrogens (primary N) is 1. The van der Waals surface area contributed by atoms with E-state index in [4.69, 9.17) is 15.2 Å². The van der Waals surface area contributed by atoms with Crippen molar-refractivity contribution in [3.63, 3.8) is 0 Å². The molecule has 0 atom stereocenters. The van der Waals surface area contributed by atoms with Gasteiger partial charge in [0.2, 0.25) is 0 Å². The molecule has 1 heterocycles. The van der Waals surface area contributed by atoms with Gasteiger partial charge in [-0.15, -0.1) is 0 Å². The molecular weight excluding hydrogens is 366 g/mol. The van der Waals surface area contributed by atoms with Crippen molar-refractivity contribution in [3.05, 3.63) is 42.5 Å². The van der Waals surface area contributed by atoms with E-state index in [1.807, 2.05) is 50.2 Å². The lowest BCUT2D eigenvalue weighted by atomic mass is 9.92. The summed E-state index contributed by atoms with van der Waals surface area (Å²) in [6.07, 6.45) is 2.93. The molecule has 1 aromatic heterocycles. The molecule has 1 fully saturated rings. The number of carbonyl (C=O) groups is 1. The monoisotopic (exact) mass is 393 g/mol. The van der Waals surface area contributed by atoms with Crippen LogP contribution in [0.15, 0.2) is 42.5 Å². The highest BCUT2D eigenvalue weighted by molar-refractivity contribution is 6.02. The topological polar surface area (TPSA) is 78.5 Å². The van der Waals surface area contributed by atoms with Crippen LogP contribution in [0.2, 0.25) is 0 Å². The Bertz CT molecular complexity index is 1030. The molecule has 0 aliphatic heterocycles. The highest BCUT2D eigenvalue weighted by atomic mass is 16.6. The molecule has 3 aromatic rings. The maximum Gasteiger partial charge on any atom is 0.411 e. The molecule has 29 heavy (non-hydrogen) atoms. The van der Waals surface area contributed by atoms with Crippen molar-refractivity contribution in [2.24, 2.45) is 0 Å². The number of amides is 1. The van der Waals surface area contributed by atoms with Crippen LogP contribution in [0.1, 0.15) is 39.2 Å². The minimum atomic E-state index is -0.456. The summed E-state index contributed by atoms with van der Waals surface area (Å²) >= 11 is 0. The lowest BCUT2D eigenvalue weighted by Gasteiger charge is -2.30. The van der Waals surface area contributed by atoms with E-state index in [9.17, 15) is 4.79 Å². The number of ether oxygens (including phenoxy) is 2. The van der Waals surface area contributed by atoms with Gasteiger partial charge in [-0.3, -0.25) is 5.32 Å². The van der Waals surface area contributed by atoms with E-state index in [0.717, 1.165) is 46.4 Å². The number of rotatable bonds is 5. The van der Waals surface area contributed by atoms with Crippen LogP contribution >= 0.6 is 0 Å². The fourth-order valence-corrected chi connectivity index (χ4v) is 3.84. The second kappa shape index (κ2) is 7.70. The maximum atomic E-state index is 11.8. The molecule has 1 aliphatic rings. The summed E-state index contributed by atoms with van der Waals surface area (Å²) in [7, 11) is 1.66. The normalized spacial score (nSPS) is 14.1. The largest absolute Gasteiger partial charge is 0.497 e. The quantitative estimate of drug-likeness (QED) is 0.593. The molecule has 0 radical (unpaired) electrons. The fourth-order valence-electron chi connectivity index (χ4n) is 3.84. The van der Waals surface area contributed by atoms with Gasteiger partial charge in [0.15, 0.2) is 0 Å². The summed E-state index contributed by atoms with van der Waals surface area (Å²) in [4.78, 5) is 11.8. The predicted molar refractivity (Wildman–Crippen MR) is 116 cm³/mol. The van der Waals surface area contributed by atoms with Crippen LogP contribution in [-0.4, -0.2) is 23.9 Å². The highest BCUT2D eigenvalue weighted by Crippen LogP contribution is 2.44. The first-order valence-corrected chi connectivity index (χ1v) is 10.0. The number of anilines is 2. The Labute approximate surface area is 170 Å². The van der Waals surface area contributed by atoms with Crippen molar-refractivity contribution in [1.82, 2.24) is 4.57 Å². The lowest BCUT2D eigenvalue weighted by molar-refractivity contribution is 0.130. The summed E-state index contributed by atoms with van der Waals surface area (Å²) in [5.41, 5.74) is 11.2. The van der Waals surface area contributed by atoms with E-state index >= 15 is 0 Å². The molecule has 0 bridgehead atoms. The number of benzene rings is 2. The first kappa shape index (κ1) is 19.2. The number of aromatic nitrogens is 1. The zero-order chi connectivity index (χ0) is 20.5. The molecule has 6 heteroatoms. The molecule has 1 amide bonds. The Morgan fingerprint density at radius 2 is 1.90 bits per heavy atom. The maximum absolute atomic E-state index is 11.8. The second-order valence-electron chi connectivity index (χ2n) is 7.76. The Morgan fingerprint density at radius 1 is 1.17 bits per heavy atom. The minimum Gasteiger partial charge on any atom is -0.497 e. The molecule has 0 spiro atoms. The zero-order valence-electron chi connectivity index (χ0n) is 17.1. The van der Waals surface area contributed by atoms with Crippen molar-refractivity contribution in [3.8, 4) is 17.0 Å². The zero-order valence-corrected chi connectivity index (χ0v) is 17.1. The van der Waals surface area contributed by atoms with Gasteiger partial charge in [0.25, 0.3) is 0 Å². The van der Waals surface area contributed by atoms with Gasteiger partial charge in [0, 0.05) is 22.7 Å². The van der Waals surface area contributed by atoms with Crippen LogP contribution in [0, 0.1) is 0 Å². The number of hydrogen-bond acceptors (Lipinski definition) is 4. The van der Waals surface area contributed by atoms with Crippen molar-refractivity contribution < 1.29 is 14.3 Å². The van der Waals surface area contributed by atoms with Gasteiger partial charge in [-0.25, -0.2) is 4.79 Å². The third-order valence-electron chi connectivity index (χ3n) is 5.44. The Hall–Kier alpha value is -3.15. The number of nitrogens with one attached hydrogen (secondary N) is 1. The van der Waals surface area contributed by atoms with Gasteiger partial charge in [-0.1, -0.05) is 12.1 Å². The Morgan fingerprint density at radius 3 is 2.48 bits per heavy atom. The average Bonchev–Trinajstić information content (AvgIpc) is 2.92. The number of nitrogen functional groups attached to an aromatic ring is 1. The second-order valence-corrected chi connectivity index (χ2v) is 7.76. The van der Waals surface area contributed by atoms with Crippen molar-refractivity contribution in [2.75, 3.05) is 18.2 Å². The highest BCUT2D eigenvalue weighted by Gasteiger charge is 2.27. The summed E-state index contributed by atoms with van der Waals surface area (Å²) in [6, 6.07) is 14.3. The van der Waals surface area contributed by atoms with Gasteiger partial charge in [-0.2, -0.15) is 0 Å². The standard InChI is InChI=1S/C23H27N3O3/c1-14(2)29-23(27)25-16-9-7-15(8-10-16)22-21(24)19-13-18(28-3)11-12-20(19)26(22)17-5-4-6-17/h7-14,17H,4-6,24H2,1-3H3,(H,25,27). The van der Waals surface area contributed by atoms with Crippen LogP contribution < -0.4 is 15.8 Å². The number of nitrogens with zero attached hydrogens (tertiary/aromatic N) is 1. The Balaban J connectivity index is 1.73. The van der Waals surface area contributed by atoms with E-state index in [0.29, 0.717) is 11.7 Å². The summed E-state index contributed by atoms with van der Waals surface area (Å²) < 4.78 is 12.9. The SMILES string of the molecule is COc1ccc2c(c1)c(N)c(-c1ccc(NC(=O)OC(C)C)cc1)n2C1CCC1. The van der Waals surface area contributed by atoms with Crippen LogP contribution in [0.4, 0.5) is 16.2 Å². The van der Waals surface area contributed by atoms with Crippen LogP contribution in [0.5, 0.6) is 5.75 Å². The van der Waals surface area contributed by atoms with Crippen LogP contribution in [0.25, 0.3) is 22.2 Å².